The van der Waals surface area contributed by atoms with Gasteiger partial charge in [-0.25, -0.2) is 0 Å². The van der Waals surface area contributed by atoms with Crippen molar-refractivity contribution >= 4 is 34.8 Å². The molecule has 0 saturated carbocycles. The first kappa shape index (κ1) is 15.2. The first-order valence-corrected chi connectivity index (χ1v) is 8.17. The Bertz CT molecular complexity index is 930. The number of anilines is 1. The monoisotopic (exact) mass is 357 g/mol. The molecule has 1 aliphatic heterocycles. The van der Waals surface area contributed by atoms with E-state index in [1.165, 1.54) is 5.56 Å². The third-order valence-corrected chi connectivity index (χ3v) is 4.82. The molecule has 120 valence electrons. The quantitative estimate of drug-likeness (QED) is 0.740. The summed E-state index contributed by atoms with van der Waals surface area (Å²) in [4.78, 5) is 0. The zero-order valence-electron chi connectivity index (χ0n) is 12.7. The lowest BCUT2D eigenvalue weighted by Crippen LogP contribution is -2.20. The Balaban J connectivity index is 1.85. The molecule has 4 rings (SSSR count). The van der Waals surface area contributed by atoms with Crippen LogP contribution in [-0.4, -0.2) is 20.2 Å². The zero-order valence-corrected chi connectivity index (χ0v) is 14.3. The minimum atomic E-state index is -0.237. The topological polar surface area (TPSA) is 55.6 Å². The second-order valence-corrected chi connectivity index (χ2v) is 6.39. The summed E-state index contributed by atoms with van der Waals surface area (Å²) in [6.07, 6.45) is 2.05. The molecule has 1 N–H and O–H groups in total. The molecule has 0 fully saturated rings. The van der Waals surface area contributed by atoms with Gasteiger partial charge in [0.1, 0.15) is 6.04 Å². The van der Waals surface area contributed by atoms with Crippen LogP contribution < -0.4 is 5.32 Å². The van der Waals surface area contributed by atoms with E-state index in [0.717, 1.165) is 16.8 Å². The summed E-state index contributed by atoms with van der Waals surface area (Å²) in [6, 6.07) is 13.6. The lowest BCUT2D eigenvalue weighted by atomic mass is 10.0. The Kier molecular flexibility index (Phi) is 3.75. The summed E-state index contributed by atoms with van der Waals surface area (Å²) in [5.41, 5.74) is 4.04. The van der Waals surface area contributed by atoms with Gasteiger partial charge in [-0.15, -0.1) is 0 Å². The molecule has 1 aromatic heterocycles. The summed E-state index contributed by atoms with van der Waals surface area (Å²) in [6.45, 7) is 2.06. The van der Waals surface area contributed by atoms with E-state index in [0.29, 0.717) is 16.0 Å². The number of rotatable bonds is 2. The van der Waals surface area contributed by atoms with E-state index in [1.54, 1.807) is 10.7 Å². The second-order valence-electron chi connectivity index (χ2n) is 5.61. The molecule has 0 saturated heterocycles. The molecular formula is C17H13Cl2N5. The van der Waals surface area contributed by atoms with E-state index in [9.17, 15) is 0 Å². The normalized spacial score (nSPS) is 16.3. The van der Waals surface area contributed by atoms with Gasteiger partial charge in [0, 0.05) is 11.3 Å². The predicted molar refractivity (Wildman–Crippen MR) is 95.2 cm³/mol. The van der Waals surface area contributed by atoms with Crippen molar-refractivity contribution in [2.75, 3.05) is 5.32 Å². The van der Waals surface area contributed by atoms with Crippen molar-refractivity contribution in [2.24, 2.45) is 0 Å². The minimum Gasteiger partial charge on any atom is -0.323 e. The second kappa shape index (κ2) is 5.92. The fourth-order valence-electron chi connectivity index (χ4n) is 2.73. The lowest BCUT2D eigenvalue weighted by Gasteiger charge is -2.24. The smallest absolute Gasteiger partial charge is 0.248 e. The largest absolute Gasteiger partial charge is 0.323 e. The number of benzene rings is 2. The molecule has 5 nitrogen and oxygen atoms in total. The Morgan fingerprint density at radius 3 is 2.67 bits per heavy atom. The summed E-state index contributed by atoms with van der Waals surface area (Å²) in [7, 11) is 0. The van der Waals surface area contributed by atoms with Crippen molar-refractivity contribution in [3.8, 4) is 0 Å². The minimum absolute atomic E-state index is 0.237. The SMILES string of the molecule is Cc1ccc(C2=CC(c3cccc(Cl)c3Cl)n3nnnc3N2)cc1. The average Bonchev–Trinajstić information content (AvgIpc) is 3.06. The molecule has 1 aliphatic rings. The highest BCUT2D eigenvalue weighted by molar-refractivity contribution is 6.42. The molecule has 1 atom stereocenters. The van der Waals surface area contributed by atoms with Gasteiger partial charge in [-0.1, -0.05) is 70.3 Å². The van der Waals surface area contributed by atoms with Crippen molar-refractivity contribution in [2.45, 2.75) is 13.0 Å². The molecule has 0 bridgehead atoms. The number of halogens is 2. The van der Waals surface area contributed by atoms with Crippen LogP contribution in [0.15, 0.2) is 48.5 Å². The summed E-state index contributed by atoms with van der Waals surface area (Å²) < 4.78 is 1.69. The Hall–Kier alpha value is -2.37. The van der Waals surface area contributed by atoms with Gasteiger partial charge in [-0.3, -0.25) is 0 Å². The van der Waals surface area contributed by atoms with E-state index >= 15 is 0 Å². The van der Waals surface area contributed by atoms with Gasteiger partial charge in [0.25, 0.3) is 0 Å². The van der Waals surface area contributed by atoms with Crippen LogP contribution in [0, 0.1) is 6.92 Å². The van der Waals surface area contributed by atoms with Gasteiger partial charge < -0.3 is 5.32 Å². The van der Waals surface area contributed by atoms with Gasteiger partial charge in [-0.05, 0) is 35.1 Å². The van der Waals surface area contributed by atoms with Crippen LogP contribution in [0.3, 0.4) is 0 Å². The van der Waals surface area contributed by atoms with Crippen molar-refractivity contribution in [1.29, 1.82) is 0 Å². The lowest BCUT2D eigenvalue weighted by molar-refractivity contribution is 0.586. The van der Waals surface area contributed by atoms with E-state index < -0.39 is 0 Å². The highest BCUT2D eigenvalue weighted by Crippen LogP contribution is 2.37. The van der Waals surface area contributed by atoms with Gasteiger partial charge in [0.05, 0.1) is 10.0 Å². The maximum Gasteiger partial charge on any atom is 0.248 e. The van der Waals surface area contributed by atoms with Gasteiger partial charge in [0.2, 0.25) is 5.95 Å². The van der Waals surface area contributed by atoms with E-state index in [-0.39, 0.29) is 6.04 Å². The Morgan fingerprint density at radius 2 is 1.88 bits per heavy atom. The third-order valence-electron chi connectivity index (χ3n) is 3.99. The van der Waals surface area contributed by atoms with Crippen LogP contribution in [-0.2, 0) is 0 Å². The molecule has 2 aromatic carbocycles. The predicted octanol–water partition coefficient (Wildman–Crippen LogP) is 4.34. The van der Waals surface area contributed by atoms with Crippen molar-refractivity contribution in [1.82, 2.24) is 20.2 Å². The first-order chi connectivity index (χ1) is 11.6. The number of tetrazole rings is 1. The van der Waals surface area contributed by atoms with Crippen LogP contribution >= 0.6 is 23.2 Å². The Labute approximate surface area is 148 Å². The van der Waals surface area contributed by atoms with Crippen LogP contribution in [0.1, 0.15) is 22.7 Å². The summed E-state index contributed by atoms with van der Waals surface area (Å²) in [5.74, 6) is 0.564. The van der Waals surface area contributed by atoms with Gasteiger partial charge in [0.15, 0.2) is 0 Å². The number of aryl methyl sites for hydroxylation is 1. The van der Waals surface area contributed by atoms with Crippen LogP contribution in [0.5, 0.6) is 0 Å². The molecule has 24 heavy (non-hydrogen) atoms. The highest BCUT2D eigenvalue weighted by Gasteiger charge is 2.26. The van der Waals surface area contributed by atoms with Crippen LogP contribution in [0.2, 0.25) is 10.0 Å². The Morgan fingerprint density at radius 1 is 1.08 bits per heavy atom. The molecule has 1 unspecified atom stereocenters. The molecular weight excluding hydrogens is 345 g/mol. The molecule has 0 amide bonds. The fourth-order valence-corrected chi connectivity index (χ4v) is 3.15. The summed E-state index contributed by atoms with van der Waals surface area (Å²) >= 11 is 12.6. The molecule has 0 aliphatic carbocycles. The van der Waals surface area contributed by atoms with Crippen molar-refractivity contribution in [3.63, 3.8) is 0 Å². The maximum atomic E-state index is 6.41. The molecule has 0 spiro atoms. The number of allylic oxidation sites excluding steroid dienone is 1. The molecule has 2 heterocycles. The van der Waals surface area contributed by atoms with E-state index in [2.05, 4.69) is 52.0 Å². The standard InChI is InChI=1S/C17H13Cl2N5/c1-10-5-7-11(8-6-10)14-9-15(24-17(20-14)21-22-23-24)12-3-2-4-13(18)16(12)19/h2-9,15H,1H3,(H,20,21,23). The number of aromatic nitrogens is 4. The van der Waals surface area contributed by atoms with Crippen LogP contribution in [0.4, 0.5) is 5.95 Å². The van der Waals surface area contributed by atoms with Crippen molar-refractivity contribution in [3.05, 3.63) is 75.3 Å². The van der Waals surface area contributed by atoms with Crippen LogP contribution in [0.25, 0.3) is 5.70 Å². The highest BCUT2D eigenvalue weighted by atomic mass is 35.5. The van der Waals surface area contributed by atoms with Crippen molar-refractivity contribution < 1.29 is 0 Å². The van der Waals surface area contributed by atoms with Gasteiger partial charge in [-0.2, -0.15) is 4.68 Å². The number of hydrogen-bond donors (Lipinski definition) is 1. The third kappa shape index (κ3) is 2.56. The number of nitrogens with zero attached hydrogens (tertiary/aromatic N) is 4. The molecule has 3 aromatic rings. The van der Waals surface area contributed by atoms with E-state index in [4.69, 9.17) is 23.2 Å². The first-order valence-electron chi connectivity index (χ1n) is 7.41. The molecule has 0 radical (unpaired) electrons. The zero-order chi connectivity index (χ0) is 16.7. The summed E-state index contributed by atoms with van der Waals surface area (Å²) in [5, 5.41) is 16.2. The number of hydrogen-bond acceptors (Lipinski definition) is 4. The van der Waals surface area contributed by atoms with E-state index in [1.807, 2.05) is 18.2 Å². The van der Waals surface area contributed by atoms with Gasteiger partial charge >= 0.3 is 0 Å². The fraction of sp³-hybridized carbons (Fsp3) is 0.118. The molecule has 7 heteroatoms. The number of nitrogens with one attached hydrogen (secondary N) is 1. The maximum absolute atomic E-state index is 6.41. The number of fused-ring (bicyclic) bond motifs is 1. The average molecular weight is 358 g/mol.